The second kappa shape index (κ2) is 6.00. The van der Waals surface area contributed by atoms with Gasteiger partial charge in [-0.05, 0) is 24.1 Å². The van der Waals surface area contributed by atoms with Gasteiger partial charge < -0.3 is 0 Å². The number of hydrogen-bond donors (Lipinski definition) is 0. The lowest BCUT2D eigenvalue weighted by atomic mass is 10.2. The Morgan fingerprint density at radius 1 is 1.18 bits per heavy atom. The van der Waals surface area contributed by atoms with E-state index in [0.29, 0.717) is 0 Å². The molecule has 1 aromatic carbocycles. The molecule has 0 atom stereocenters. The molecule has 11 heavy (non-hydrogen) atoms. The van der Waals surface area contributed by atoms with Crippen molar-refractivity contribution in [2.75, 3.05) is 0 Å². The Hall–Kier alpha value is -0.740. The van der Waals surface area contributed by atoms with Gasteiger partial charge in [0.25, 0.3) is 0 Å². The van der Waals surface area contributed by atoms with Gasteiger partial charge in [-0.3, -0.25) is 0 Å². The van der Waals surface area contributed by atoms with Crippen LogP contribution in [0.5, 0.6) is 0 Å². The normalized spacial score (nSPS) is 8.00. The van der Waals surface area contributed by atoms with E-state index in [2.05, 4.69) is 60.0 Å². The summed E-state index contributed by atoms with van der Waals surface area (Å²) in [5.74, 6) is 0. The lowest BCUT2D eigenvalue weighted by Crippen LogP contribution is -1.75. The minimum atomic E-state index is 1.12. The molecule has 0 saturated heterocycles. The van der Waals surface area contributed by atoms with Crippen LogP contribution in [0.2, 0.25) is 0 Å². The van der Waals surface area contributed by atoms with E-state index in [9.17, 15) is 0 Å². The number of aryl methyl sites for hydroxylation is 1. The van der Waals surface area contributed by atoms with Crippen molar-refractivity contribution in [3.63, 3.8) is 0 Å². The smallest absolute Gasteiger partial charge is 0.0175 e. The standard InChI is InChI=1S/C8H9Br.C2H2/c1-2-7-3-5-8(9)6-4-7;1-2/h3-6H,2H2,1H3;1-2H. The molecule has 0 nitrogen and oxygen atoms in total. The van der Waals surface area contributed by atoms with Crippen LogP contribution in [0.3, 0.4) is 0 Å². The highest BCUT2D eigenvalue weighted by Gasteiger charge is 1.86. The van der Waals surface area contributed by atoms with Crippen LogP contribution in [0.4, 0.5) is 0 Å². The number of hydrogen-bond acceptors (Lipinski definition) is 0. The highest BCUT2D eigenvalue weighted by molar-refractivity contribution is 9.10. The predicted molar refractivity (Wildman–Crippen MR) is 53.4 cm³/mol. The van der Waals surface area contributed by atoms with E-state index >= 15 is 0 Å². The van der Waals surface area contributed by atoms with E-state index in [4.69, 9.17) is 0 Å². The van der Waals surface area contributed by atoms with Crippen LogP contribution in [0.15, 0.2) is 28.7 Å². The lowest BCUT2D eigenvalue weighted by Gasteiger charge is -1.93. The first-order chi connectivity index (χ1) is 5.33. The van der Waals surface area contributed by atoms with Crippen LogP contribution < -0.4 is 0 Å². The van der Waals surface area contributed by atoms with E-state index in [1.807, 2.05) is 0 Å². The second-order valence-corrected chi connectivity index (χ2v) is 2.90. The third kappa shape index (κ3) is 3.85. The molecule has 58 valence electrons. The number of rotatable bonds is 1. The molecule has 0 aliphatic heterocycles. The summed E-state index contributed by atoms with van der Waals surface area (Å²) in [4.78, 5) is 0. The van der Waals surface area contributed by atoms with E-state index < -0.39 is 0 Å². The van der Waals surface area contributed by atoms with Gasteiger partial charge >= 0.3 is 0 Å². The summed E-state index contributed by atoms with van der Waals surface area (Å²) in [5.41, 5.74) is 1.39. The van der Waals surface area contributed by atoms with Crippen molar-refractivity contribution in [3.8, 4) is 12.8 Å². The van der Waals surface area contributed by atoms with Crippen LogP contribution in [-0.2, 0) is 6.42 Å². The molecule has 0 aliphatic carbocycles. The fraction of sp³-hybridized carbons (Fsp3) is 0.200. The third-order valence-corrected chi connectivity index (χ3v) is 1.85. The number of benzene rings is 1. The minimum absolute atomic E-state index is 1.12. The van der Waals surface area contributed by atoms with Crippen molar-refractivity contribution in [1.29, 1.82) is 0 Å². The first-order valence-electron chi connectivity index (χ1n) is 3.40. The number of halogens is 1. The second-order valence-electron chi connectivity index (χ2n) is 1.98. The summed E-state index contributed by atoms with van der Waals surface area (Å²) in [6, 6.07) is 8.39. The van der Waals surface area contributed by atoms with Crippen LogP contribution in [0.1, 0.15) is 12.5 Å². The largest absolute Gasteiger partial charge is 0.124 e. The SMILES string of the molecule is C#C.CCc1ccc(Br)cc1. The lowest BCUT2D eigenvalue weighted by molar-refractivity contribution is 1.14. The molecule has 0 bridgehead atoms. The third-order valence-electron chi connectivity index (χ3n) is 1.32. The van der Waals surface area contributed by atoms with Gasteiger partial charge in [0.1, 0.15) is 0 Å². The molecule has 0 aromatic heterocycles. The highest BCUT2D eigenvalue weighted by Crippen LogP contribution is 2.10. The van der Waals surface area contributed by atoms with Crippen molar-refractivity contribution in [2.24, 2.45) is 0 Å². The van der Waals surface area contributed by atoms with Gasteiger partial charge in [0.05, 0.1) is 0 Å². The topological polar surface area (TPSA) is 0 Å². The van der Waals surface area contributed by atoms with Crippen molar-refractivity contribution in [2.45, 2.75) is 13.3 Å². The maximum Gasteiger partial charge on any atom is 0.0175 e. The summed E-state index contributed by atoms with van der Waals surface area (Å²) < 4.78 is 1.15. The Bertz CT molecular complexity index is 208. The quantitative estimate of drug-likeness (QED) is 0.625. The Morgan fingerprint density at radius 2 is 1.64 bits per heavy atom. The van der Waals surface area contributed by atoms with Gasteiger partial charge in [-0.25, -0.2) is 0 Å². The van der Waals surface area contributed by atoms with Crippen molar-refractivity contribution in [3.05, 3.63) is 34.3 Å². The molecule has 1 rings (SSSR count). The average Bonchev–Trinajstić information content (AvgIpc) is 2.10. The molecule has 1 heteroatoms. The molecule has 0 fully saturated rings. The Labute approximate surface area is 76.8 Å². The fourth-order valence-corrected chi connectivity index (χ4v) is 0.984. The highest BCUT2D eigenvalue weighted by atomic mass is 79.9. The summed E-state index contributed by atoms with van der Waals surface area (Å²) >= 11 is 3.37. The Morgan fingerprint density at radius 3 is 2.00 bits per heavy atom. The van der Waals surface area contributed by atoms with Crippen LogP contribution in [0, 0.1) is 12.8 Å². The van der Waals surface area contributed by atoms with Crippen molar-refractivity contribution < 1.29 is 0 Å². The Balaban J connectivity index is 0.000000461. The molecular formula is C10H11Br. The van der Waals surface area contributed by atoms with E-state index in [0.717, 1.165) is 10.9 Å². The zero-order valence-corrected chi connectivity index (χ0v) is 8.14. The van der Waals surface area contributed by atoms with Crippen molar-refractivity contribution in [1.82, 2.24) is 0 Å². The minimum Gasteiger partial charge on any atom is -0.124 e. The van der Waals surface area contributed by atoms with Gasteiger partial charge in [0, 0.05) is 4.47 Å². The summed E-state index contributed by atoms with van der Waals surface area (Å²) in [5, 5.41) is 0. The molecule has 0 amide bonds. The van der Waals surface area contributed by atoms with Gasteiger partial charge in [-0.15, -0.1) is 12.8 Å². The van der Waals surface area contributed by atoms with E-state index in [1.54, 1.807) is 0 Å². The van der Waals surface area contributed by atoms with Gasteiger partial charge in [-0.1, -0.05) is 35.0 Å². The van der Waals surface area contributed by atoms with Crippen LogP contribution >= 0.6 is 15.9 Å². The summed E-state index contributed by atoms with van der Waals surface area (Å²) in [6.07, 6.45) is 9.12. The average molecular weight is 211 g/mol. The van der Waals surface area contributed by atoms with Gasteiger partial charge in [0.2, 0.25) is 0 Å². The monoisotopic (exact) mass is 210 g/mol. The molecule has 0 spiro atoms. The molecule has 0 N–H and O–H groups in total. The summed E-state index contributed by atoms with van der Waals surface area (Å²) in [6.45, 7) is 2.16. The first-order valence-corrected chi connectivity index (χ1v) is 4.20. The zero-order valence-electron chi connectivity index (χ0n) is 6.55. The zero-order chi connectivity index (χ0) is 8.69. The molecule has 0 heterocycles. The maximum atomic E-state index is 4.00. The first kappa shape index (κ1) is 10.3. The molecule has 0 unspecified atom stereocenters. The van der Waals surface area contributed by atoms with Gasteiger partial charge in [-0.2, -0.15) is 0 Å². The molecular weight excluding hydrogens is 200 g/mol. The Kier molecular flexibility index (Phi) is 5.60. The maximum absolute atomic E-state index is 4.00. The molecule has 0 saturated carbocycles. The fourth-order valence-electron chi connectivity index (χ4n) is 0.720. The van der Waals surface area contributed by atoms with Crippen LogP contribution in [0.25, 0.3) is 0 Å². The van der Waals surface area contributed by atoms with Crippen LogP contribution in [-0.4, -0.2) is 0 Å². The molecule has 0 aliphatic rings. The van der Waals surface area contributed by atoms with Crippen molar-refractivity contribution >= 4 is 15.9 Å². The van der Waals surface area contributed by atoms with E-state index in [-0.39, 0.29) is 0 Å². The number of terminal acetylenes is 1. The molecule has 0 radical (unpaired) electrons. The van der Waals surface area contributed by atoms with Gasteiger partial charge in [0.15, 0.2) is 0 Å². The summed E-state index contributed by atoms with van der Waals surface area (Å²) in [7, 11) is 0. The predicted octanol–water partition coefficient (Wildman–Crippen LogP) is 3.26. The van der Waals surface area contributed by atoms with E-state index in [1.165, 1.54) is 5.56 Å². The molecule has 1 aromatic rings.